The van der Waals surface area contributed by atoms with Crippen LogP contribution in [0.15, 0.2) is 18.2 Å². The molecule has 3 N–H and O–H groups in total. The third-order valence-corrected chi connectivity index (χ3v) is 4.10. The Kier molecular flexibility index (Phi) is 6.83. The van der Waals surface area contributed by atoms with E-state index in [0.717, 1.165) is 50.4 Å². The fraction of sp³-hybridized carbons (Fsp3) is 0.588. The molecule has 0 radical (unpaired) electrons. The van der Waals surface area contributed by atoms with Crippen molar-refractivity contribution in [2.24, 2.45) is 5.73 Å². The van der Waals surface area contributed by atoms with Gasteiger partial charge in [-0.3, -0.25) is 9.69 Å². The van der Waals surface area contributed by atoms with Crippen LogP contribution in [0.25, 0.3) is 0 Å². The fourth-order valence-electron chi connectivity index (χ4n) is 2.77. The molecule has 6 heteroatoms. The van der Waals surface area contributed by atoms with Crippen LogP contribution in [-0.2, 0) is 16.0 Å². The summed E-state index contributed by atoms with van der Waals surface area (Å²) in [6, 6.07) is 6.02. The molecule has 0 saturated carbocycles. The zero-order valence-corrected chi connectivity index (χ0v) is 14.0. The summed E-state index contributed by atoms with van der Waals surface area (Å²) in [6.45, 7) is 3.73. The highest BCUT2D eigenvalue weighted by Gasteiger charge is 2.19. The molecule has 2 rings (SSSR count). The van der Waals surface area contributed by atoms with E-state index >= 15 is 0 Å². The summed E-state index contributed by atoms with van der Waals surface area (Å²) in [5, 5.41) is 3.52. The van der Waals surface area contributed by atoms with Gasteiger partial charge in [0, 0.05) is 39.5 Å². The van der Waals surface area contributed by atoms with E-state index < -0.39 is 5.91 Å². The molecule has 1 aromatic rings. The van der Waals surface area contributed by atoms with Crippen molar-refractivity contribution in [1.82, 2.24) is 4.90 Å². The Morgan fingerprint density at radius 1 is 1.43 bits per heavy atom. The van der Waals surface area contributed by atoms with Gasteiger partial charge in [-0.2, -0.15) is 0 Å². The number of nitrogens with two attached hydrogens (primary N) is 1. The maximum Gasteiger partial charge on any atom is 0.250 e. The number of primary amides is 1. The number of benzene rings is 1. The molecule has 0 bridgehead atoms. The van der Waals surface area contributed by atoms with Crippen LogP contribution in [0.3, 0.4) is 0 Å². The maximum absolute atomic E-state index is 11.8. The van der Waals surface area contributed by atoms with Gasteiger partial charge in [-0.15, -0.1) is 0 Å². The number of methoxy groups -OCH3 is 1. The van der Waals surface area contributed by atoms with Gasteiger partial charge in [-0.1, -0.05) is 12.1 Å². The zero-order chi connectivity index (χ0) is 16.7. The van der Waals surface area contributed by atoms with Gasteiger partial charge >= 0.3 is 0 Å². The second-order valence-electron chi connectivity index (χ2n) is 5.97. The number of carbonyl (C=O) groups excluding carboxylic acids is 1. The molecule has 6 nitrogen and oxygen atoms in total. The normalized spacial score (nSPS) is 15.8. The van der Waals surface area contributed by atoms with Crippen molar-refractivity contribution in [3.63, 3.8) is 0 Å². The first kappa shape index (κ1) is 17.7. The second kappa shape index (κ2) is 8.86. The summed E-state index contributed by atoms with van der Waals surface area (Å²) in [5.41, 5.74) is 8.05. The number of hydrogen-bond acceptors (Lipinski definition) is 5. The van der Waals surface area contributed by atoms with Gasteiger partial charge in [-0.05, 0) is 31.5 Å². The topological polar surface area (TPSA) is 76.8 Å². The first-order valence-corrected chi connectivity index (χ1v) is 8.05. The molecule has 1 aliphatic rings. The van der Waals surface area contributed by atoms with E-state index in [1.54, 1.807) is 13.2 Å². The molecule has 0 unspecified atom stereocenters. The van der Waals surface area contributed by atoms with Crippen LogP contribution in [0.1, 0.15) is 28.8 Å². The summed E-state index contributed by atoms with van der Waals surface area (Å²) in [5.74, 6) is -0.402. The van der Waals surface area contributed by atoms with Gasteiger partial charge in [0.2, 0.25) is 0 Å². The maximum atomic E-state index is 11.8. The third kappa shape index (κ3) is 5.20. The molecule has 1 aromatic carbocycles. The van der Waals surface area contributed by atoms with E-state index in [9.17, 15) is 4.79 Å². The van der Waals surface area contributed by atoms with Crippen molar-refractivity contribution < 1.29 is 14.3 Å². The van der Waals surface area contributed by atoms with Crippen LogP contribution < -0.4 is 11.1 Å². The first-order valence-electron chi connectivity index (χ1n) is 8.05. The van der Waals surface area contributed by atoms with Crippen molar-refractivity contribution >= 4 is 11.6 Å². The summed E-state index contributed by atoms with van der Waals surface area (Å²) in [4.78, 5) is 14.0. The molecular weight excluding hydrogens is 294 g/mol. The standard InChI is InChI=1S/C17H27N3O3/c1-20(8-11-22-2)12-13-4-3-5-15(17(18)21)16(13)19-14-6-9-23-10-7-14/h3-5,14,19H,6-12H2,1-2H3,(H2,18,21). The lowest BCUT2D eigenvalue weighted by molar-refractivity contribution is 0.0903. The lowest BCUT2D eigenvalue weighted by Gasteiger charge is -2.27. The van der Waals surface area contributed by atoms with E-state index in [0.29, 0.717) is 18.2 Å². The number of hydrogen-bond donors (Lipinski definition) is 2. The first-order chi connectivity index (χ1) is 11.1. The van der Waals surface area contributed by atoms with Crippen molar-refractivity contribution in [2.45, 2.75) is 25.4 Å². The monoisotopic (exact) mass is 321 g/mol. The lowest BCUT2D eigenvalue weighted by Crippen LogP contribution is -2.30. The number of anilines is 1. The molecule has 0 spiro atoms. The number of rotatable bonds is 8. The Morgan fingerprint density at radius 2 is 2.17 bits per heavy atom. The van der Waals surface area contributed by atoms with Crippen LogP contribution >= 0.6 is 0 Å². The zero-order valence-electron chi connectivity index (χ0n) is 14.0. The SMILES string of the molecule is COCCN(C)Cc1cccc(C(N)=O)c1NC1CCOCC1. The van der Waals surface area contributed by atoms with Gasteiger partial charge in [0.25, 0.3) is 5.91 Å². The summed E-state index contributed by atoms with van der Waals surface area (Å²) in [6.07, 6.45) is 1.87. The minimum absolute atomic E-state index is 0.312. The Hall–Kier alpha value is -1.63. The second-order valence-corrected chi connectivity index (χ2v) is 5.97. The summed E-state index contributed by atoms with van der Waals surface area (Å²) < 4.78 is 10.5. The van der Waals surface area contributed by atoms with E-state index in [2.05, 4.69) is 10.2 Å². The Bertz CT molecular complexity index is 516. The number of para-hydroxylation sites is 1. The lowest BCUT2D eigenvalue weighted by atomic mass is 10.0. The predicted molar refractivity (Wildman–Crippen MR) is 90.6 cm³/mol. The number of likely N-dealkylation sites (N-methyl/N-ethyl adjacent to an activating group) is 1. The van der Waals surface area contributed by atoms with Crippen LogP contribution in [0.4, 0.5) is 5.69 Å². The Morgan fingerprint density at radius 3 is 2.83 bits per heavy atom. The molecule has 0 aliphatic carbocycles. The van der Waals surface area contributed by atoms with Gasteiger partial charge in [-0.25, -0.2) is 0 Å². The van der Waals surface area contributed by atoms with Gasteiger partial charge in [0.05, 0.1) is 17.9 Å². The molecule has 1 heterocycles. The largest absolute Gasteiger partial charge is 0.383 e. The van der Waals surface area contributed by atoms with Crippen molar-refractivity contribution in [3.05, 3.63) is 29.3 Å². The highest BCUT2D eigenvalue weighted by atomic mass is 16.5. The molecule has 1 amide bonds. The Labute approximate surface area is 137 Å². The minimum Gasteiger partial charge on any atom is -0.383 e. The average molecular weight is 321 g/mol. The minimum atomic E-state index is -0.402. The van der Waals surface area contributed by atoms with E-state index in [-0.39, 0.29) is 0 Å². The van der Waals surface area contributed by atoms with Crippen molar-refractivity contribution in [3.8, 4) is 0 Å². The summed E-state index contributed by atoms with van der Waals surface area (Å²) >= 11 is 0. The fourth-order valence-corrected chi connectivity index (χ4v) is 2.77. The predicted octanol–water partition coefficient (Wildman–Crippen LogP) is 1.45. The summed E-state index contributed by atoms with van der Waals surface area (Å²) in [7, 11) is 3.73. The van der Waals surface area contributed by atoms with Crippen LogP contribution in [0.5, 0.6) is 0 Å². The molecule has 128 valence electrons. The molecule has 1 aliphatic heterocycles. The quantitative estimate of drug-likeness (QED) is 0.758. The van der Waals surface area contributed by atoms with Crippen LogP contribution in [-0.4, -0.2) is 57.4 Å². The van der Waals surface area contributed by atoms with E-state index in [4.69, 9.17) is 15.2 Å². The van der Waals surface area contributed by atoms with Crippen molar-refractivity contribution in [1.29, 1.82) is 0 Å². The Balaban J connectivity index is 2.18. The van der Waals surface area contributed by atoms with E-state index in [1.165, 1.54) is 0 Å². The highest BCUT2D eigenvalue weighted by molar-refractivity contribution is 5.99. The van der Waals surface area contributed by atoms with Crippen LogP contribution in [0, 0.1) is 0 Å². The van der Waals surface area contributed by atoms with Gasteiger partial charge < -0.3 is 20.5 Å². The smallest absolute Gasteiger partial charge is 0.250 e. The average Bonchev–Trinajstić information content (AvgIpc) is 2.55. The van der Waals surface area contributed by atoms with Gasteiger partial charge in [0.1, 0.15) is 0 Å². The molecule has 23 heavy (non-hydrogen) atoms. The molecular formula is C17H27N3O3. The number of nitrogens with one attached hydrogen (secondary N) is 1. The number of carbonyl (C=O) groups is 1. The highest BCUT2D eigenvalue weighted by Crippen LogP contribution is 2.25. The third-order valence-electron chi connectivity index (χ3n) is 4.10. The van der Waals surface area contributed by atoms with Crippen LogP contribution in [0.2, 0.25) is 0 Å². The van der Waals surface area contributed by atoms with Crippen molar-refractivity contribution in [2.75, 3.05) is 45.8 Å². The molecule has 0 aromatic heterocycles. The molecule has 0 atom stereocenters. The number of nitrogens with zero attached hydrogens (tertiary/aromatic N) is 1. The van der Waals surface area contributed by atoms with E-state index in [1.807, 2.05) is 19.2 Å². The molecule has 1 fully saturated rings. The molecule has 1 saturated heterocycles. The number of ether oxygens (including phenoxy) is 2. The number of amides is 1. The van der Waals surface area contributed by atoms with Gasteiger partial charge in [0.15, 0.2) is 0 Å².